The van der Waals surface area contributed by atoms with Crippen LogP contribution in [0.5, 0.6) is 0 Å². The average Bonchev–Trinajstić information content (AvgIpc) is 3.02. The van der Waals surface area contributed by atoms with E-state index in [0.717, 1.165) is 5.56 Å². The Kier molecular flexibility index (Phi) is 4.56. The molecule has 0 saturated carbocycles. The molecule has 2 heterocycles. The van der Waals surface area contributed by atoms with Crippen LogP contribution in [0.1, 0.15) is 19.5 Å². The molecule has 1 fully saturated rings. The van der Waals surface area contributed by atoms with Gasteiger partial charge < -0.3 is 19.9 Å². The molecule has 7 nitrogen and oxygen atoms in total. The van der Waals surface area contributed by atoms with E-state index in [-0.39, 0.29) is 12.2 Å². The summed E-state index contributed by atoms with van der Waals surface area (Å²) in [4.78, 5) is 28.3. The second-order valence-corrected chi connectivity index (χ2v) is 6.59. The van der Waals surface area contributed by atoms with Gasteiger partial charge in [0, 0.05) is 36.7 Å². The summed E-state index contributed by atoms with van der Waals surface area (Å²) >= 11 is 1.39. The number of aromatic nitrogens is 1. The fraction of sp³-hybridized carbons (Fsp3) is 0.235. The van der Waals surface area contributed by atoms with Crippen LogP contribution in [0.2, 0.25) is 0 Å². The first-order chi connectivity index (χ1) is 11.9. The van der Waals surface area contributed by atoms with Gasteiger partial charge in [-0.2, -0.15) is 0 Å². The van der Waals surface area contributed by atoms with Crippen molar-refractivity contribution in [3.63, 3.8) is 0 Å². The summed E-state index contributed by atoms with van der Waals surface area (Å²) in [5.41, 5.74) is 1.79. The van der Waals surface area contributed by atoms with Gasteiger partial charge in [0.2, 0.25) is 0 Å². The van der Waals surface area contributed by atoms with Crippen LogP contribution in [0.3, 0.4) is 0 Å². The lowest BCUT2D eigenvalue weighted by atomic mass is 10.2. The SMILES string of the molecule is CC1(C)OC(=O)C(=CNc2ccccc2-c2nc(CO)cs2)C(=O)O1. The first-order valence-corrected chi connectivity index (χ1v) is 8.35. The molecule has 0 spiro atoms. The van der Waals surface area contributed by atoms with Gasteiger partial charge in [-0.15, -0.1) is 11.3 Å². The molecule has 1 aromatic heterocycles. The van der Waals surface area contributed by atoms with Crippen molar-refractivity contribution < 1.29 is 24.2 Å². The van der Waals surface area contributed by atoms with Crippen LogP contribution in [0, 0.1) is 0 Å². The molecule has 1 aromatic carbocycles. The maximum atomic E-state index is 12.0. The molecule has 0 atom stereocenters. The maximum absolute atomic E-state index is 12.0. The molecule has 1 aliphatic rings. The summed E-state index contributed by atoms with van der Waals surface area (Å²) in [6, 6.07) is 7.29. The third-order valence-electron chi connectivity index (χ3n) is 3.36. The van der Waals surface area contributed by atoms with E-state index in [1.165, 1.54) is 31.4 Å². The molecular weight excluding hydrogens is 344 g/mol. The lowest BCUT2D eigenvalue weighted by Crippen LogP contribution is -2.42. The van der Waals surface area contributed by atoms with Crippen molar-refractivity contribution in [2.75, 3.05) is 5.32 Å². The number of cyclic esters (lactones) is 2. The third kappa shape index (κ3) is 3.70. The predicted molar refractivity (Wildman–Crippen MR) is 91.4 cm³/mol. The molecule has 1 aliphatic heterocycles. The van der Waals surface area contributed by atoms with Crippen molar-refractivity contribution in [2.45, 2.75) is 26.2 Å². The lowest BCUT2D eigenvalue weighted by molar-refractivity contribution is -0.222. The number of anilines is 1. The molecule has 0 unspecified atom stereocenters. The minimum atomic E-state index is -1.27. The number of nitrogens with zero attached hydrogens (tertiary/aromatic N) is 1. The number of para-hydroxylation sites is 1. The highest BCUT2D eigenvalue weighted by Gasteiger charge is 2.38. The van der Waals surface area contributed by atoms with Crippen molar-refractivity contribution in [2.24, 2.45) is 0 Å². The molecule has 2 aromatic rings. The van der Waals surface area contributed by atoms with Crippen LogP contribution in [0.4, 0.5) is 5.69 Å². The van der Waals surface area contributed by atoms with Gasteiger partial charge in [-0.25, -0.2) is 14.6 Å². The number of ether oxygens (including phenoxy) is 2. The molecule has 130 valence electrons. The van der Waals surface area contributed by atoms with E-state index < -0.39 is 17.7 Å². The number of esters is 2. The fourth-order valence-electron chi connectivity index (χ4n) is 2.23. The Hall–Kier alpha value is -2.71. The monoisotopic (exact) mass is 360 g/mol. The van der Waals surface area contributed by atoms with Crippen molar-refractivity contribution in [1.29, 1.82) is 0 Å². The highest BCUT2D eigenvalue weighted by molar-refractivity contribution is 7.13. The Bertz CT molecular complexity index is 834. The highest BCUT2D eigenvalue weighted by Crippen LogP contribution is 2.31. The van der Waals surface area contributed by atoms with Crippen molar-refractivity contribution >= 4 is 29.0 Å². The van der Waals surface area contributed by atoms with E-state index in [2.05, 4.69) is 10.3 Å². The molecule has 0 radical (unpaired) electrons. The number of thiazole rings is 1. The normalized spacial score (nSPS) is 16.2. The van der Waals surface area contributed by atoms with Gasteiger partial charge in [0.15, 0.2) is 5.57 Å². The molecule has 0 aliphatic carbocycles. The fourth-order valence-corrected chi connectivity index (χ4v) is 3.08. The van der Waals surface area contributed by atoms with Crippen molar-refractivity contribution in [3.8, 4) is 10.6 Å². The number of rotatable bonds is 4. The molecule has 0 amide bonds. The van der Waals surface area contributed by atoms with Gasteiger partial charge in [0.1, 0.15) is 5.01 Å². The number of aliphatic hydroxyl groups excluding tert-OH is 1. The van der Waals surface area contributed by atoms with Crippen molar-refractivity contribution in [3.05, 3.63) is 47.1 Å². The zero-order valence-electron chi connectivity index (χ0n) is 13.6. The zero-order chi connectivity index (χ0) is 18.0. The number of carbonyl (C=O) groups is 2. The first-order valence-electron chi connectivity index (χ1n) is 7.47. The average molecular weight is 360 g/mol. The summed E-state index contributed by atoms with van der Waals surface area (Å²) in [6.45, 7) is 2.84. The van der Waals surface area contributed by atoms with E-state index in [0.29, 0.717) is 16.4 Å². The number of aliphatic hydroxyl groups is 1. The number of hydrogen-bond donors (Lipinski definition) is 2. The van der Waals surface area contributed by atoms with E-state index in [1.54, 1.807) is 11.4 Å². The number of hydrogen-bond acceptors (Lipinski definition) is 8. The largest absolute Gasteiger partial charge is 0.419 e. The summed E-state index contributed by atoms with van der Waals surface area (Å²) in [5.74, 6) is -2.77. The first kappa shape index (κ1) is 17.1. The zero-order valence-corrected chi connectivity index (χ0v) is 14.4. The summed E-state index contributed by atoms with van der Waals surface area (Å²) in [7, 11) is 0. The number of nitrogens with one attached hydrogen (secondary N) is 1. The topological polar surface area (TPSA) is 97.8 Å². The van der Waals surface area contributed by atoms with Gasteiger partial charge >= 0.3 is 11.9 Å². The molecule has 2 N–H and O–H groups in total. The van der Waals surface area contributed by atoms with Crippen LogP contribution in [0.15, 0.2) is 41.4 Å². The molecule has 8 heteroatoms. The summed E-state index contributed by atoms with van der Waals surface area (Å²) in [5, 5.41) is 14.6. The molecule has 3 rings (SSSR count). The number of carbonyl (C=O) groups excluding carboxylic acids is 2. The molecule has 1 saturated heterocycles. The smallest absolute Gasteiger partial charge is 0.350 e. The van der Waals surface area contributed by atoms with Gasteiger partial charge in [0.05, 0.1) is 12.3 Å². The molecular formula is C17H16N2O5S. The van der Waals surface area contributed by atoms with Crippen LogP contribution in [-0.2, 0) is 25.7 Å². The Balaban J connectivity index is 1.87. The molecule has 25 heavy (non-hydrogen) atoms. The quantitative estimate of drug-likeness (QED) is 0.491. The van der Waals surface area contributed by atoms with E-state index >= 15 is 0 Å². The van der Waals surface area contributed by atoms with Gasteiger partial charge in [0.25, 0.3) is 5.79 Å². The van der Waals surface area contributed by atoms with Crippen molar-refractivity contribution in [1.82, 2.24) is 4.98 Å². The molecule has 0 bridgehead atoms. The third-order valence-corrected chi connectivity index (χ3v) is 4.28. The van der Waals surface area contributed by atoms with Crippen LogP contribution < -0.4 is 5.32 Å². The Morgan fingerprint density at radius 2 is 1.92 bits per heavy atom. The standard InChI is InChI=1S/C17H16N2O5S/c1-17(2)23-15(21)12(16(22)24-17)7-18-13-6-4-3-5-11(13)14-19-10(8-20)9-25-14/h3-7,9,18,20H,8H2,1-2H3. The van der Waals surface area contributed by atoms with Crippen LogP contribution in [0.25, 0.3) is 10.6 Å². The van der Waals surface area contributed by atoms with E-state index in [4.69, 9.17) is 14.6 Å². The van der Waals surface area contributed by atoms with Gasteiger partial charge in [-0.1, -0.05) is 12.1 Å². The maximum Gasteiger partial charge on any atom is 0.350 e. The Labute approximate surface area is 147 Å². The van der Waals surface area contributed by atoms with Crippen LogP contribution in [-0.4, -0.2) is 27.8 Å². The van der Waals surface area contributed by atoms with Gasteiger partial charge in [-0.3, -0.25) is 0 Å². The van der Waals surface area contributed by atoms with E-state index in [1.807, 2.05) is 18.2 Å². The highest BCUT2D eigenvalue weighted by atomic mass is 32.1. The van der Waals surface area contributed by atoms with Gasteiger partial charge in [-0.05, 0) is 12.1 Å². The minimum absolute atomic E-state index is 0.135. The summed E-state index contributed by atoms with van der Waals surface area (Å²) in [6.07, 6.45) is 1.26. The lowest BCUT2D eigenvalue weighted by Gasteiger charge is -2.29. The number of benzene rings is 1. The minimum Gasteiger partial charge on any atom is -0.419 e. The Morgan fingerprint density at radius 1 is 1.24 bits per heavy atom. The predicted octanol–water partition coefficient (Wildman–Crippen LogP) is 2.43. The van der Waals surface area contributed by atoms with E-state index in [9.17, 15) is 9.59 Å². The Morgan fingerprint density at radius 3 is 2.56 bits per heavy atom. The van der Waals surface area contributed by atoms with Crippen LogP contribution >= 0.6 is 11.3 Å². The summed E-state index contributed by atoms with van der Waals surface area (Å²) < 4.78 is 10.1. The second kappa shape index (κ2) is 6.66. The second-order valence-electron chi connectivity index (χ2n) is 5.73.